The molecular formula is C15H20FNO. The van der Waals surface area contributed by atoms with Gasteiger partial charge < -0.3 is 5.11 Å². The zero-order valence-corrected chi connectivity index (χ0v) is 10.8. The molecule has 0 spiro atoms. The molecule has 3 heteroatoms. The van der Waals surface area contributed by atoms with E-state index in [0.717, 1.165) is 30.5 Å². The minimum Gasteiger partial charge on any atom is -0.508 e. The van der Waals surface area contributed by atoms with Crippen LogP contribution >= 0.6 is 0 Å². The van der Waals surface area contributed by atoms with E-state index in [-0.39, 0.29) is 17.6 Å². The maximum Gasteiger partial charge on any atom is 0.123 e. The molecule has 1 aliphatic heterocycles. The van der Waals surface area contributed by atoms with Crippen LogP contribution in [0.2, 0.25) is 0 Å². The first-order valence-corrected chi connectivity index (χ1v) is 6.87. The van der Waals surface area contributed by atoms with Gasteiger partial charge in [0.05, 0.1) is 0 Å². The molecule has 1 saturated heterocycles. The van der Waals surface area contributed by atoms with Gasteiger partial charge in [-0.25, -0.2) is 4.39 Å². The summed E-state index contributed by atoms with van der Waals surface area (Å²) in [6.07, 6.45) is 4.04. The summed E-state index contributed by atoms with van der Waals surface area (Å²) < 4.78 is 13.3. The van der Waals surface area contributed by atoms with Gasteiger partial charge in [-0.15, -0.1) is 0 Å². The van der Waals surface area contributed by atoms with Crippen molar-refractivity contribution in [3.8, 4) is 5.75 Å². The van der Waals surface area contributed by atoms with Gasteiger partial charge in [0.2, 0.25) is 0 Å². The zero-order chi connectivity index (χ0) is 12.7. The third-order valence-corrected chi connectivity index (χ3v) is 4.74. The van der Waals surface area contributed by atoms with Gasteiger partial charge in [-0.3, -0.25) is 4.90 Å². The Hall–Kier alpha value is -1.09. The monoisotopic (exact) mass is 249 g/mol. The van der Waals surface area contributed by atoms with E-state index in [0.29, 0.717) is 0 Å². The topological polar surface area (TPSA) is 23.5 Å². The Bertz CT molecular complexity index is 436. The van der Waals surface area contributed by atoms with E-state index >= 15 is 0 Å². The summed E-state index contributed by atoms with van der Waals surface area (Å²) in [5, 5.41) is 9.88. The second-order valence-electron chi connectivity index (χ2n) is 5.78. The SMILES string of the molecule is CC(c1cc(F)ccc1O)N1CC2CCCC2C1. The Balaban J connectivity index is 1.78. The number of fused-ring (bicyclic) bond motifs is 1. The van der Waals surface area contributed by atoms with E-state index in [1.807, 2.05) is 0 Å². The molecular weight excluding hydrogens is 229 g/mol. The fraction of sp³-hybridized carbons (Fsp3) is 0.600. The van der Waals surface area contributed by atoms with Crippen molar-refractivity contribution in [1.29, 1.82) is 0 Å². The van der Waals surface area contributed by atoms with Gasteiger partial charge in [0, 0.05) is 24.7 Å². The number of aromatic hydroxyl groups is 1. The summed E-state index contributed by atoms with van der Waals surface area (Å²) in [5.41, 5.74) is 0.718. The first kappa shape index (κ1) is 12.0. The summed E-state index contributed by atoms with van der Waals surface area (Å²) in [4.78, 5) is 2.39. The van der Waals surface area contributed by atoms with Crippen LogP contribution in [-0.2, 0) is 0 Å². The predicted molar refractivity (Wildman–Crippen MR) is 68.9 cm³/mol. The molecule has 3 unspecified atom stereocenters. The number of phenols is 1. The number of nitrogens with zero attached hydrogens (tertiary/aromatic N) is 1. The van der Waals surface area contributed by atoms with E-state index in [1.54, 1.807) is 0 Å². The standard InChI is InChI=1S/C15H20FNO/c1-10(14-7-13(16)5-6-15(14)18)17-8-11-3-2-4-12(11)9-17/h5-7,10-12,18H,2-4,8-9H2,1H3. The van der Waals surface area contributed by atoms with Gasteiger partial charge in [0.15, 0.2) is 0 Å². The van der Waals surface area contributed by atoms with Gasteiger partial charge in [-0.1, -0.05) is 6.42 Å². The van der Waals surface area contributed by atoms with Crippen LogP contribution < -0.4 is 0 Å². The molecule has 0 aromatic heterocycles. The third-order valence-electron chi connectivity index (χ3n) is 4.74. The normalized spacial score (nSPS) is 29.4. The van der Waals surface area contributed by atoms with Crippen LogP contribution in [-0.4, -0.2) is 23.1 Å². The number of rotatable bonds is 2. The van der Waals surface area contributed by atoms with Crippen LogP contribution in [0.15, 0.2) is 18.2 Å². The number of halogens is 1. The molecule has 1 aliphatic carbocycles. The largest absolute Gasteiger partial charge is 0.508 e. The smallest absolute Gasteiger partial charge is 0.123 e. The van der Waals surface area contributed by atoms with Gasteiger partial charge in [0.1, 0.15) is 11.6 Å². The highest BCUT2D eigenvalue weighted by atomic mass is 19.1. The van der Waals surface area contributed by atoms with E-state index in [9.17, 15) is 9.50 Å². The van der Waals surface area contributed by atoms with Gasteiger partial charge in [0.25, 0.3) is 0 Å². The van der Waals surface area contributed by atoms with Crippen molar-refractivity contribution in [3.63, 3.8) is 0 Å². The maximum absolute atomic E-state index is 13.3. The van der Waals surface area contributed by atoms with Crippen LogP contribution in [0.25, 0.3) is 0 Å². The summed E-state index contributed by atoms with van der Waals surface area (Å²) in [6, 6.07) is 4.34. The van der Waals surface area contributed by atoms with Crippen molar-refractivity contribution in [2.24, 2.45) is 11.8 Å². The van der Waals surface area contributed by atoms with Crippen molar-refractivity contribution in [1.82, 2.24) is 4.90 Å². The quantitative estimate of drug-likeness (QED) is 0.869. The minimum absolute atomic E-state index is 0.103. The Morgan fingerprint density at radius 3 is 2.61 bits per heavy atom. The van der Waals surface area contributed by atoms with Gasteiger partial charge in [-0.05, 0) is 49.8 Å². The molecule has 3 rings (SSSR count). The van der Waals surface area contributed by atoms with Crippen LogP contribution in [0.1, 0.15) is 37.8 Å². The van der Waals surface area contributed by atoms with Crippen LogP contribution in [0.5, 0.6) is 5.75 Å². The van der Waals surface area contributed by atoms with Crippen LogP contribution in [0.4, 0.5) is 4.39 Å². The molecule has 1 saturated carbocycles. The fourth-order valence-corrected chi connectivity index (χ4v) is 3.64. The Kier molecular flexibility index (Phi) is 3.02. The Labute approximate surface area is 107 Å². The lowest BCUT2D eigenvalue weighted by atomic mass is 10.0. The summed E-state index contributed by atoms with van der Waals surface area (Å²) >= 11 is 0. The van der Waals surface area contributed by atoms with Crippen molar-refractivity contribution in [2.75, 3.05) is 13.1 Å². The highest BCUT2D eigenvalue weighted by molar-refractivity contribution is 5.35. The van der Waals surface area contributed by atoms with Gasteiger partial charge >= 0.3 is 0 Å². The zero-order valence-electron chi connectivity index (χ0n) is 10.8. The number of hydrogen-bond acceptors (Lipinski definition) is 2. The predicted octanol–water partition coefficient (Wildman–Crippen LogP) is 3.32. The molecule has 1 aromatic rings. The lowest BCUT2D eigenvalue weighted by molar-refractivity contribution is 0.237. The number of phenolic OH excluding ortho intramolecular Hbond substituents is 1. The molecule has 2 nitrogen and oxygen atoms in total. The lowest BCUT2D eigenvalue weighted by Crippen LogP contribution is -2.25. The lowest BCUT2D eigenvalue weighted by Gasteiger charge is -2.26. The molecule has 2 fully saturated rings. The first-order valence-electron chi connectivity index (χ1n) is 6.87. The Morgan fingerprint density at radius 1 is 1.28 bits per heavy atom. The molecule has 0 radical (unpaired) electrons. The Morgan fingerprint density at radius 2 is 1.94 bits per heavy atom. The maximum atomic E-state index is 13.3. The number of likely N-dealkylation sites (tertiary alicyclic amines) is 1. The van der Waals surface area contributed by atoms with Crippen molar-refractivity contribution in [3.05, 3.63) is 29.6 Å². The molecule has 0 amide bonds. The average molecular weight is 249 g/mol. The van der Waals surface area contributed by atoms with Crippen molar-refractivity contribution < 1.29 is 9.50 Å². The number of hydrogen-bond donors (Lipinski definition) is 1. The molecule has 0 bridgehead atoms. The fourth-order valence-electron chi connectivity index (χ4n) is 3.64. The second-order valence-corrected chi connectivity index (χ2v) is 5.78. The molecule has 1 heterocycles. The molecule has 1 aromatic carbocycles. The molecule has 18 heavy (non-hydrogen) atoms. The molecule has 1 N–H and O–H groups in total. The minimum atomic E-state index is -0.269. The highest BCUT2D eigenvalue weighted by Crippen LogP contribution is 2.41. The second kappa shape index (κ2) is 4.54. The van der Waals surface area contributed by atoms with E-state index in [2.05, 4.69) is 11.8 Å². The van der Waals surface area contributed by atoms with Crippen molar-refractivity contribution in [2.45, 2.75) is 32.2 Å². The van der Waals surface area contributed by atoms with Crippen LogP contribution in [0.3, 0.4) is 0 Å². The molecule has 3 atom stereocenters. The van der Waals surface area contributed by atoms with E-state index in [1.165, 1.54) is 37.5 Å². The first-order chi connectivity index (χ1) is 8.65. The molecule has 2 aliphatic rings. The summed E-state index contributed by atoms with van der Waals surface area (Å²) in [7, 11) is 0. The average Bonchev–Trinajstić information content (AvgIpc) is 2.91. The third kappa shape index (κ3) is 2.01. The summed E-state index contributed by atoms with van der Waals surface area (Å²) in [5.74, 6) is 1.58. The molecule has 98 valence electrons. The van der Waals surface area contributed by atoms with E-state index < -0.39 is 0 Å². The van der Waals surface area contributed by atoms with Crippen LogP contribution in [0, 0.1) is 17.7 Å². The summed E-state index contributed by atoms with van der Waals surface area (Å²) in [6.45, 7) is 4.26. The van der Waals surface area contributed by atoms with Crippen molar-refractivity contribution >= 4 is 0 Å². The van der Waals surface area contributed by atoms with E-state index in [4.69, 9.17) is 0 Å². The van der Waals surface area contributed by atoms with Gasteiger partial charge in [-0.2, -0.15) is 0 Å². The highest BCUT2D eigenvalue weighted by Gasteiger charge is 2.38. The number of benzene rings is 1.